The summed E-state index contributed by atoms with van der Waals surface area (Å²) in [6, 6.07) is 2.07. The van der Waals surface area contributed by atoms with E-state index in [4.69, 9.17) is 19.9 Å². The molecule has 8 nitrogen and oxygen atoms in total. The highest BCUT2D eigenvalue weighted by Crippen LogP contribution is 2.44. The van der Waals surface area contributed by atoms with Crippen molar-refractivity contribution in [2.45, 2.75) is 75.1 Å². The average Bonchev–Trinajstić information content (AvgIpc) is 3.53. The second-order valence-electron chi connectivity index (χ2n) is 9.26. The van der Waals surface area contributed by atoms with Crippen molar-refractivity contribution < 1.29 is 27.4 Å². The number of anilines is 2. The van der Waals surface area contributed by atoms with E-state index in [1.165, 1.54) is 0 Å². The van der Waals surface area contributed by atoms with Crippen LogP contribution in [-0.4, -0.2) is 52.3 Å². The SMILES string of the molecule is Nc1cc(C2CCOC2)c2nc1-c1nnc(o1)C(O)(C(F)(F)F)CCCCC[C@@H]1CCCN21. The smallest absolute Gasteiger partial charge is 0.416 e. The molecule has 4 bridgehead atoms. The number of nitrogens with zero attached hydrogens (tertiary/aromatic N) is 4. The van der Waals surface area contributed by atoms with Crippen LogP contribution in [0.15, 0.2) is 10.5 Å². The Morgan fingerprint density at radius 1 is 1.12 bits per heavy atom. The zero-order chi connectivity index (χ0) is 23.2. The highest BCUT2D eigenvalue weighted by molar-refractivity contribution is 5.72. The van der Waals surface area contributed by atoms with Gasteiger partial charge in [-0.25, -0.2) is 4.98 Å². The Morgan fingerprint density at radius 2 is 1.94 bits per heavy atom. The maximum Gasteiger partial charge on any atom is 0.426 e. The summed E-state index contributed by atoms with van der Waals surface area (Å²) in [7, 11) is 0. The van der Waals surface area contributed by atoms with Crippen LogP contribution in [0.4, 0.5) is 24.7 Å². The van der Waals surface area contributed by atoms with Gasteiger partial charge in [0, 0.05) is 30.7 Å². The van der Waals surface area contributed by atoms with Crippen LogP contribution in [-0.2, 0) is 10.3 Å². The third-order valence-corrected chi connectivity index (χ3v) is 7.11. The van der Waals surface area contributed by atoms with Crippen molar-refractivity contribution in [3.05, 3.63) is 17.5 Å². The lowest BCUT2D eigenvalue weighted by Gasteiger charge is -2.30. The van der Waals surface area contributed by atoms with Gasteiger partial charge < -0.3 is 24.9 Å². The molecule has 2 aromatic rings. The lowest BCUT2D eigenvalue weighted by atomic mass is 9.94. The van der Waals surface area contributed by atoms with Crippen LogP contribution in [0.3, 0.4) is 0 Å². The van der Waals surface area contributed by atoms with E-state index in [1.54, 1.807) is 0 Å². The molecule has 2 saturated heterocycles. The number of pyridine rings is 1. The fourth-order valence-electron chi connectivity index (χ4n) is 5.23. The Hall–Kier alpha value is -2.40. The minimum atomic E-state index is -4.95. The summed E-state index contributed by atoms with van der Waals surface area (Å²) < 4.78 is 52.5. The third-order valence-electron chi connectivity index (χ3n) is 7.11. The molecule has 2 unspecified atom stereocenters. The van der Waals surface area contributed by atoms with E-state index in [9.17, 15) is 18.3 Å². The van der Waals surface area contributed by atoms with Crippen LogP contribution >= 0.6 is 0 Å². The van der Waals surface area contributed by atoms with Crippen LogP contribution < -0.4 is 10.6 Å². The molecule has 3 atom stereocenters. The van der Waals surface area contributed by atoms with E-state index in [0.29, 0.717) is 19.6 Å². The van der Waals surface area contributed by atoms with Crippen LogP contribution in [0, 0.1) is 0 Å². The molecule has 5 rings (SSSR count). The molecule has 0 amide bonds. The molecular formula is C22H28F3N5O3. The number of hydrogen-bond donors (Lipinski definition) is 2. The number of halogens is 3. The number of rotatable bonds is 1. The largest absolute Gasteiger partial charge is 0.426 e. The Kier molecular flexibility index (Phi) is 5.72. The molecule has 0 aromatic carbocycles. The molecule has 33 heavy (non-hydrogen) atoms. The molecule has 3 aliphatic rings. The zero-order valence-corrected chi connectivity index (χ0v) is 18.3. The second-order valence-corrected chi connectivity index (χ2v) is 9.26. The summed E-state index contributed by atoms with van der Waals surface area (Å²) in [5.74, 6) is -0.191. The first kappa shape index (κ1) is 22.4. The van der Waals surface area contributed by atoms with Gasteiger partial charge in [0.1, 0.15) is 5.82 Å². The van der Waals surface area contributed by atoms with Crippen LogP contribution in [0.25, 0.3) is 11.6 Å². The lowest BCUT2D eigenvalue weighted by Crippen LogP contribution is -2.42. The van der Waals surface area contributed by atoms with Crippen molar-refractivity contribution in [3.8, 4) is 11.6 Å². The molecule has 0 saturated carbocycles. The molecule has 3 aliphatic heterocycles. The van der Waals surface area contributed by atoms with E-state index in [1.807, 2.05) is 6.07 Å². The summed E-state index contributed by atoms with van der Waals surface area (Å²) in [5, 5.41) is 17.9. The maximum atomic E-state index is 13.8. The van der Waals surface area contributed by atoms with Gasteiger partial charge in [-0.1, -0.05) is 12.8 Å². The standard InChI is InChI=1S/C22H28F3N5O3/c23-22(24,25)21(31)8-3-1-2-5-14-6-4-9-30(14)18-15(13-7-10-32-12-13)11-16(26)17(27-18)19-28-29-20(21)33-19/h11,13-14,31H,1-10,12,26H2/t13?,14-,21?/m1/s1. The van der Waals surface area contributed by atoms with Crippen molar-refractivity contribution in [3.63, 3.8) is 0 Å². The molecule has 0 aliphatic carbocycles. The first-order valence-electron chi connectivity index (χ1n) is 11.6. The highest BCUT2D eigenvalue weighted by atomic mass is 19.4. The molecule has 0 spiro atoms. The lowest BCUT2D eigenvalue weighted by molar-refractivity contribution is -0.277. The minimum absolute atomic E-state index is 0.138. The van der Waals surface area contributed by atoms with E-state index >= 15 is 0 Å². The predicted octanol–water partition coefficient (Wildman–Crippen LogP) is 3.90. The normalized spacial score (nSPS) is 28.5. The van der Waals surface area contributed by atoms with Crippen LogP contribution in [0.1, 0.15) is 68.7 Å². The Bertz CT molecular complexity index is 1010. The van der Waals surface area contributed by atoms with E-state index in [2.05, 4.69) is 15.1 Å². The van der Waals surface area contributed by atoms with Gasteiger partial charge in [0.25, 0.3) is 11.8 Å². The molecular weight excluding hydrogens is 439 g/mol. The van der Waals surface area contributed by atoms with Gasteiger partial charge in [-0.2, -0.15) is 13.2 Å². The molecule has 11 heteroatoms. The fraction of sp³-hybridized carbons (Fsp3) is 0.682. The number of hydrogen-bond acceptors (Lipinski definition) is 8. The summed E-state index contributed by atoms with van der Waals surface area (Å²) in [4.78, 5) is 7.09. The number of nitrogens with two attached hydrogens (primary N) is 1. The summed E-state index contributed by atoms with van der Waals surface area (Å²) in [6.45, 7) is 2.10. The van der Waals surface area contributed by atoms with Crippen LogP contribution in [0.2, 0.25) is 0 Å². The average molecular weight is 467 g/mol. The number of ether oxygens (including phenoxy) is 1. The van der Waals surface area contributed by atoms with Gasteiger partial charge in [0.15, 0.2) is 5.69 Å². The molecule has 0 radical (unpaired) electrons. The van der Waals surface area contributed by atoms with Crippen LogP contribution in [0.5, 0.6) is 0 Å². The maximum absolute atomic E-state index is 13.8. The molecule has 2 aromatic heterocycles. The van der Waals surface area contributed by atoms with Gasteiger partial charge in [-0.15, -0.1) is 10.2 Å². The fourth-order valence-corrected chi connectivity index (χ4v) is 5.23. The summed E-state index contributed by atoms with van der Waals surface area (Å²) in [6.07, 6.45) is -0.253. The Balaban J connectivity index is 1.64. The molecule has 5 heterocycles. The number of aliphatic hydroxyl groups is 1. The monoisotopic (exact) mass is 467 g/mol. The van der Waals surface area contributed by atoms with Gasteiger partial charge in [-0.05, 0) is 44.6 Å². The summed E-state index contributed by atoms with van der Waals surface area (Å²) >= 11 is 0. The Morgan fingerprint density at radius 3 is 2.70 bits per heavy atom. The second kappa shape index (κ2) is 8.43. The van der Waals surface area contributed by atoms with E-state index in [0.717, 1.165) is 50.0 Å². The number of nitrogen functional groups attached to an aromatic ring is 1. The van der Waals surface area contributed by atoms with E-state index < -0.39 is 24.1 Å². The van der Waals surface area contributed by atoms with Crippen molar-refractivity contribution in [2.24, 2.45) is 0 Å². The zero-order valence-electron chi connectivity index (χ0n) is 18.3. The van der Waals surface area contributed by atoms with Gasteiger partial charge in [0.05, 0.1) is 12.3 Å². The first-order valence-corrected chi connectivity index (χ1v) is 11.6. The van der Waals surface area contributed by atoms with Crippen molar-refractivity contribution in [1.82, 2.24) is 15.2 Å². The third kappa shape index (κ3) is 3.95. The Labute approximate surface area is 189 Å². The van der Waals surface area contributed by atoms with Gasteiger partial charge in [0.2, 0.25) is 5.60 Å². The highest BCUT2D eigenvalue weighted by Gasteiger charge is 2.58. The number of alkyl halides is 3. The summed E-state index contributed by atoms with van der Waals surface area (Å²) in [5.41, 5.74) is 4.46. The first-order chi connectivity index (χ1) is 15.8. The predicted molar refractivity (Wildman–Crippen MR) is 114 cm³/mol. The molecule has 3 N–H and O–H groups in total. The topological polar surface area (TPSA) is 111 Å². The van der Waals surface area contributed by atoms with Crippen molar-refractivity contribution in [2.75, 3.05) is 30.4 Å². The van der Waals surface area contributed by atoms with Gasteiger partial charge in [-0.3, -0.25) is 0 Å². The number of aromatic nitrogens is 3. The molecule has 2 fully saturated rings. The van der Waals surface area contributed by atoms with Crippen molar-refractivity contribution >= 4 is 11.5 Å². The molecule has 180 valence electrons. The quantitative estimate of drug-likeness (QED) is 0.650. The van der Waals surface area contributed by atoms with Crippen molar-refractivity contribution in [1.29, 1.82) is 0 Å². The minimum Gasteiger partial charge on any atom is -0.416 e. The van der Waals surface area contributed by atoms with E-state index in [-0.39, 0.29) is 35.7 Å². The van der Waals surface area contributed by atoms with Gasteiger partial charge >= 0.3 is 6.18 Å². The number of fused-ring (bicyclic) bond motifs is 7.